The minimum Gasteiger partial charge on any atom is -0.392 e. The van der Waals surface area contributed by atoms with E-state index in [1.807, 2.05) is 0 Å². The molecule has 1 aliphatic rings. The number of rotatable bonds is 5. The number of nitrogens with one attached hydrogen (secondary N) is 1. The predicted octanol–water partition coefficient (Wildman–Crippen LogP) is 1.95. The molecule has 0 aromatic heterocycles. The van der Waals surface area contributed by atoms with E-state index in [0.717, 1.165) is 12.8 Å². The normalized spacial score (nSPS) is 17.1. The van der Waals surface area contributed by atoms with E-state index in [2.05, 4.69) is 20.7 Å². The average molecular weight is 378 g/mol. The number of halogens is 1. The van der Waals surface area contributed by atoms with Gasteiger partial charge in [0, 0.05) is 24.2 Å². The molecule has 5 nitrogen and oxygen atoms in total. The van der Waals surface area contributed by atoms with Crippen LogP contribution >= 0.6 is 15.9 Å². The van der Waals surface area contributed by atoms with E-state index in [1.165, 1.54) is 6.07 Å². The van der Waals surface area contributed by atoms with Crippen molar-refractivity contribution in [1.82, 2.24) is 4.72 Å². The minimum absolute atomic E-state index is 0.193. The van der Waals surface area contributed by atoms with Crippen molar-refractivity contribution in [2.45, 2.75) is 31.3 Å². The van der Waals surface area contributed by atoms with Gasteiger partial charge in [0.15, 0.2) is 0 Å². The van der Waals surface area contributed by atoms with Gasteiger partial charge >= 0.3 is 0 Å². The molecule has 0 unspecified atom stereocenters. The molecular weight excluding hydrogens is 358 g/mol. The average Bonchev–Trinajstić information content (AvgIpc) is 2.48. The highest BCUT2D eigenvalue weighted by Crippen LogP contribution is 2.26. The molecule has 0 saturated carbocycles. The van der Waals surface area contributed by atoms with Crippen LogP contribution in [0.5, 0.6) is 0 Å². The Labute approximate surface area is 133 Å². The first kappa shape index (κ1) is 16.9. The summed E-state index contributed by atoms with van der Waals surface area (Å²) in [6, 6.07) is 3.25. The van der Waals surface area contributed by atoms with Crippen LogP contribution < -0.4 is 4.72 Å². The molecule has 0 spiro atoms. The molecule has 1 saturated heterocycles. The van der Waals surface area contributed by atoms with Crippen molar-refractivity contribution in [2.75, 3.05) is 19.8 Å². The maximum atomic E-state index is 12.5. The van der Waals surface area contributed by atoms with Gasteiger partial charge in [-0.1, -0.05) is 15.9 Å². The standard InChI is InChI=1S/C14H20BrNO4S/c1-10-13(15)6-12(9-17)7-14(10)21(18,19)16-8-11-2-4-20-5-3-11/h6-7,11,16-17H,2-5,8-9H2,1H3. The van der Waals surface area contributed by atoms with E-state index in [0.29, 0.717) is 41.3 Å². The number of aliphatic hydroxyl groups is 1. The smallest absolute Gasteiger partial charge is 0.240 e. The maximum Gasteiger partial charge on any atom is 0.240 e. The summed E-state index contributed by atoms with van der Waals surface area (Å²) in [6.45, 7) is 3.36. The molecule has 21 heavy (non-hydrogen) atoms. The van der Waals surface area contributed by atoms with E-state index >= 15 is 0 Å². The second-order valence-corrected chi connectivity index (χ2v) is 7.86. The Balaban J connectivity index is 2.16. The topological polar surface area (TPSA) is 75.6 Å². The van der Waals surface area contributed by atoms with Gasteiger partial charge < -0.3 is 9.84 Å². The Morgan fingerprint density at radius 3 is 2.67 bits per heavy atom. The highest BCUT2D eigenvalue weighted by Gasteiger charge is 2.22. The summed E-state index contributed by atoms with van der Waals surface area (Å²) < 4.78 is 33.6. The van der Waals surface area contributed by atoms with Gasteiger partial charge in [-0.15, -0.1) is 0 Å². The highest BCUT2D eigenvalue weighted by molar-refractivity contribution is 9.10. The Hall–Kier alpha value is -0.470. The van der Waals surface area contributed by atoms with Crippen LogP contribution in [-0.2, 0) is 21.4 Å². The van der Waals surface area contributed by atoms with Crippen LogP contribution in [0.2, 0.25) is 0 Å². The summed E-state index contributed by atoms with van der Waals surface area (Å²) in [5.74, 6) is 0.318. The van der Waals surface area contributed by atoms with Gasteiger partial charge in [-0.3, -0.25) is 0 Å². The van der Waals surface area contributed by atoms with Crippen LogP contribution in [0.4, 0.5) is 0 Å². The summed E-state index contributed by atoms with van der Waals surface area (Å²) in [4.78, 5) is 0.216. The number of hydrogen-bond acceptors (Lipinski definition) is 4. The van der Waals surface area contributed by atoms with Crippen molar-refractivity contribution in [3.8, 4) is 0 Å². The van der Waals surface area contributed by atoms with E-state index in [4.69, 9.17) is 4.74 Å². The molecule has 1 aromatic carbocycles. The third-order valence-corrected chi connectivity index (χ3v) is 6.10. The molecule has 2 N–H and O–H groups in total. The fourth-order valence-corrected chi connectivity index (χ4v) is 4.40. The lowest BCUT2D eigenvalue weighted by Gasteiger charge is -2.22. The second kappa shape index (κ2) is 7.19. The third kappa shape index (κ3) is 4.26. The molecule has 7 heteroatoms. The van der Waals surface area contributed by atoms with E-state index in [-0.39, 0.29) is 11.5 Å². The van der Waals surface area contributed by atoms with Crippen molar-refractivity contribution in [2.24, 2.45) is 5.92 Å². The van der Waals surface area contributed by atoms with Crippen molar-refractivity contribution in [3.05, 3.63) is 27.7 Å². The van der Waals surface area contributed by atoms with Gasteiger partial charge in [0.25, 0.3) is 0 Å². The molecule has 0 radical (unpaired) electrons. The minimum atomic E-state index is -3.58. The molecule has 0 atom stereocenters. The number of aliphatic hydroxyl groups excluding tert-OH is 1. The van der Waals surface area contributed by atoms with Crippen molar-refractivity contribution < 1.29 is 18.3 Å². The van der Waals surface area contributed by atoms with Crippen LogP contribution in [0.15, 0.2) is 21.5 Å². The summed E-state index contributed by atoms with van der Waals surface area (Å²) in [5, 5.41) is 9.23. The molecule has 1 heterocycles. The molecule has 0 bridgehead atoms. The summed E-state index contributed by atoms with van der Waals surface area (Å²) in [6.07, 6.45) is 1.75. The molecule has 1 aliphatic heterocycles. The fraction of sp³-hybridized carbons (Fsp3) is 0.571. The molecule has 1 aromatic rings. The number of sulfonamides is 1. The number of benzene rings is 1. The monoisotopic (exact) mass is 377 g/mol. The predicted molar refractivity (Wildman–Crippen MR) is 83.5 cm³/mol. The van der Waals surface area contributed by atoms with Gasteiger partial charge in [0.1, 0.15) is 0 Å². The number of ether oxygens (including phenoxy) is 1. The summed E-state index contributed by atoms with van der Waals surface area (Å²) in [7, 11) is -3.58. The third-order valence-electron chi connectivity index (χ3n) is 3.73. The lowest BCUT2D eigenvalue weighted by atomic mass is 10.0. The first-order valence-electron chi connectivity index (χ1n) is 6.91. The summed E-state index contributed by atoms with van der Waals surface area (Å²) >= 11 is 3.34. The van der Waals surface area contributed by atoms with Crippen LogP contribution in [0, 0.1) is 12.8 Å². The van der Waals surface area contributed by atoms with E-state index in [9.17, 15) is 13.5 Å². The maximum absolute atomic E-state index is 12.5. The zero-order chi connectivity index (χ0) is 15.5. The zero-order valence-corrected chi connectivity index (χ0v) is 14.3. The van der Waals surface area contributed by atoms with Crippen LogP contribution in [0.3, 0.4) is 0 Å². The highest BCUT2D eigenvalue weighted by atomic mass is 79.9. The molecule has 118 valence electrons. The lowest BCUT2D eigenvalue weighted by molar-refractivity contribution is 0.0678. The lowest BCUT2D eigenvalue weighted by Crippen LogP contribution is -2.32. The van der Waals surface area contributed by atoms with Gasteiger partial charge in [-0.05, 0) is 48.9 Å². The molecule has 0 amide bonds. The Morgan fingerprint density at radius 1 is 1.38 bits per heavy atom. The molecule has 0 aliphatic carbocycles. The van der Waals surface area contributed by atoms with Crippen molar-refractivity contribution >= 4 is 26.0 Å². The quantitative estimate of drug-likeness (QED) is 0.822. The van der Waals surface area contributed by atoms with E-state index in [1.54, 1.807) is 13.0 Å². The van der Waals surface area contributed by atoms with Crippen LogP contribution in [-0.4, -0.2) is 33.3 Å². The second-order valence-electron chi connectivity index (χ2n) is 5.27. The van der Waals surface area contributed by atoms with Gasteiger partial charge in [0.05, 0.1) is 11.5 Å². The largest absolute Gasteiger partial charge is 0.392 e. The molecule has 1 fully saturated rings. The SMILES string of the molecule is Cc1c(Br)cc(CO)cc1S(=O)(=O)NCC1CCOCC1. The number of hydrogen-bond donors (Lipinski definition) is 2. The molecular formula is C14H20BrNO4S. The van der Waals surface area contributed by atoms with Crippen LogP contribution in [0.25, 0.3) is 0 Å². The van der Waals surface area contributed by atoms with Crippen molar-refractivity contribution in [1.29, 1.82) is 0 Å². The zero-order valence-electron chi connectivity index (χ0n) is 11.9. The van der Waals surface area contributed by atoms with Crippen LogP contribution in [0.1, 0.15) is 24.0 Å². The Bertz CT molecular complexity index is 597. The van der Waals surface area contributed by atoms with Gasteiger partial charge in [-0.2, -0.15) is 0 Å². The van der Waals surface area contributed by atoms with Crippen molar-refractivity contribution in [3.63, 3.8) is 0 Å². The fourth-order valence-electron chi connectivity index (χ4n) is 2.33. The van der Waals surface area contributed by atoms with Gasteiger partial charge in [0.2, 0.25) is 10.0 Å². The van der Waals surface area contributed by atoms with Gasteiger partial charge in [-0.25, -0.2) is 13.1 Å². The first-order valence-corrected chi connectivity index (χ1v) is 9.19. The Morgan fingerprint density at radius 2 is 2.05 bits per heavy atom. The Kier molecular flexibility index (Phi) is 5.79. The first-order chi connectivity index (χ1) is 9.94. The van der Waals surface area contributed by atoms with E-state index < -0.39 is 10.0 Å². The molecule has 2 rings (SSSR count). The summed E-state index contributed by atoms with van der Waals surface area (Å²) in [5.41, 5.74) is 1.21.